The molecule has 0 unspecified atom stereocenters. The van der Waals surface area contributed by atoms with Gasteiger partial charge in [-0.1, -0.05) is 25.5 Å². The molecule has 0 radical (unpaired) electrons. The number of hydrogen-bond acceptors (Lipinski definition) is 2. The van der Waals surface area contributed by atoms with Gasteiger partial charge in [0.25, 0.3) is 0 Å². The number of carbonyl (C=O) groups is 1. The molecule has 0 aliphatic heterocycles. The maximum Gasteiger partial charge on any atom is 0.307 e. The molecule has 4 aliphatic rings. The molecule has 3 nitrogen and oxygen atoms in total. The highest BCUT2D eigenvalue weighted by atomic mass is 16.4. The van der Waals surface area contributed by atoms with Gasteiger partial charge in [-0.05, 0) is 80.0 Å². The molecule has 0 bridgehead atoms. The standard InChI is InChI=1S/C20H30O3/c1-19-9-7-13(21)11-12(19)3-4-14-15-5-6-17(18(22)23)20(15,2)10-8-16(14)19/h3,13-17,21H,4-11H2,1-2H3,(H,22,23)/t13-,14+,15-,16-,17+,19-,20-/m0/s1. The molecule has 4 aliphatic carbocycles. The number of hydrogen-bond donors (Lipinski definition) is 2. The molecule has 0 aromatic rings. The summed E-state index contributed by atoms with van der Waals surface area (Å²) in [5.41, 5.74) is 1.75. The minimum absolute atomic E-state index is 0.00286. The van der Waals surface area contributed by atoms with E-state index >= 15 is 0 Å². The SMILES string of the molecule is C[C@]12CC[C@H]3[C@H](CC=C4C[C@@H](O)CC[C@@]43C)[C@@H]1CC[C@@H]2C(=O)O. The predicted octanol–water partition coefficient (Wildman–Crippen LogP) is 4.01. The van der Waals surface area contributed by atoms with Gasteiger partial charge in [0.05, 0.1) is 12.0 Å². The van der Waals surface area contributed by atoms with Crippen LogP contribution in [0.3, 0.4) is 0 Å². The lowest BCUT2D eigenvalue weighted by atomic mass is 9.47. The zero-order chi connectivity index (χ0) is 16.4. The maximum absolute atomic E-state index is 11.7. The number of aliphatic carboxylic acids is 1. The smallest absolute Gasteiger partial charge is 0.307 e. The van der Waals surface area contributed by atoms with Crippen molar-refractivity contribution < 1.29 is 15.0 Å². The zero-order valence-corrected chi connectivity index (χ0v) is 14.4. The molecule has 23 heavy (non-hydrogen) atoms. The van der Waals surface area contributed by atoms with Gasteiger partial charge in [0.15, 0.2) is 0 Å². The lowest BCUT2D eigenvalue weighted by molar-refractivity contribution is -0.148. The monoisotopic (exact) mass is 318 g/mol. The molecule has 0 saturated heterocycles. The van der Waals surface area contributed by atoms with E-state index in [-0.39, 0.29) is 22.9 Å². The number of aliphatic hydroxyl groups excluding tert-OH is 1. The third kappa shape index (κ3) is 2.08. The maximum atomic E-state index is 11.7. The topological polar surface area (TPSA) is 57.5 Å². The van der Waals surface area contributed by atoms with E-state index in [1.807, 2.05) is 0 Å². The minimum atomic E-state index is -0.576. The molecule has 0 aromatic heterocycles. The van der Waals surface area contributed by atoms with Gasteiger partial charge in [-0.3, -0.25) is 4.79 Å². The van der Waals surface area contributed by atoms with Gasteiger partial charge in [-0.15, -0.1) is 0 Å². The summed E-state index contributed by atoms with van der Waals surface area (Å²) in [5.74, 6) is 1.21. The third-order valence-electron chi connectivity index (χ3n) is 8.38. The highest BCUT2D eigenvalue weighted by molar-refractivity contribution is 5.71. The fraction of sp³-hybridized carbons (Fsp3) is 0.850. The molecule has 128 valence electrons. The fourth-order valence-corrected chi connectivity index (χ4v) is 7.05. The zero-order valence-electron chi connectivity index (χ0n) is 14.4. The quantitative estimate of drug-likeness (QED) is 0.718. The van der Waals surface area contributed by atoms with Gasteiger partial charge >= 0.3 is 5.97 Å². The Labute approximate surface area is 139 Å². The molecule has 0 heterocycles. The van der Waals surface area contributed by atoms with Crippen LogP contribution in [0.4, 0.5) is 0 Å². The van der Waals surface area contributed by atoms with Gasteiger partial charge in [0, 0.05) is 0 Å². The lowest BCUT2D eigenvalue weighted by Crippen LogP contribution is -2.51. The van der Waals surface area contributed by atoms with Crippen LogP contribution in [0, 0.1) is 34.5 Å². The number of fused-ring (bicyclic) bond motifs is 5. The van der Waals surface area contributed by atoms with Gasteiger partial charge in [-0.25, -0.2) is 0 Å². The van der Waals surface area contributed by atoms with Crippen molar-refractivity contribution in [3.05, 3.63) is 11.6 Å². The van der Waals surface area contributed by atoms with E-state index in [0.29, 0.717) is 17.8 Å². The summed E-state index contributed by atoms with van der Waals surface area (Å²) in [6.07, 6.45) is 10.5. The number of carboxylic acids is 1. The van der Waals surface area contributed by atoms with Gasteiger partial charge in [0.2, 0.25) is 0 Å². The summed E-state index contributed by atoms with van der Waals surface area (Å²) in [7, 11) is 0. The van der Waals surface area contributed by atoms with Crippen molar-refractivity contribution in [3.63, 3.8) is 0 Å². The van der Waals surface area contributed by atoms with E-state index in [9.17, 15) is 15.0 Å². The fourth-order valence-electron chi connectivity index (χ4n) is 7.05. The number of carboxylic acid groups (broad SMARTS) is 1. The second kappa shape index (κ2) is 5.08. The van der Waals surface area contributed by atoms with Gasteiger partial charge in [-0.2, -0.15) is 0 Å². The molecular weight excluding hydrogens is 288 g/mol. The van der Waals surface area contributed by atoms with E-state index < -0.39 is 5.97 Å². The van der Waals surface area contributed by atoms with Crippen molar-refractivity contribution in [1.82, 2.24) is 0 Å². The molecule has 3 heteroatoms. The first-order valence-corrected chi connectivity index (χ1v) is 9.46. The highest BCUT2D eigenvalue weighted by Gasteiger charge is 2.59. The Morgan fingerprint density at radius 1 is 1.13 bits per heavy atom. The van der Waals surface area contributed by atoms with Crippen molar-refractivity contribution in [3.8, 4) is 0 Å². The highest BCUT2D eigenvalue weighted by Crippen LogP contribution is 2.66. The normalized spacial score (nSPS) is 52.1. The number of allylic oxidation sites excluding steroid dienone is 1. The summed E-state index contributed by atoms with van der Waals surface area (Å²) in [6.45, 7) is 4.68. The summed E-state index contributed by atoms with van der Waals surface area (Å²) < 4.78 is 0. The average molecular weight is 318 g/mol. The summed E-state index contributed by atoms with van der Waals surface area (Å²) >= 11 is 0. The molecule has 0 aromatic carbocycles. The van der Waals surface area contributed by atoms with Crippen LogP contribution in [0.25, 0.3) is 0 Å². The minimum Gasteiger partial charge on any atom is -0.481 e. The molecule has 3 saturated carbocycles. The van der Waals surface area contributed by atoms with E-state index in [1.54, 1.807) is 0 Å². The largest absolute Gasteiger partial charge is 0.481 e. The van der Waals surface area contributed by atoms with Gasteiger partial charge in [0.1, 0.15) is 0 Å². The second-order valence-corrected chi connectivity index (χ2v) is 9.17. The first-order valence-electron chi connectivity index (χ1n) is 9.46. The number of rotatable bonds is 1. The molecule has 7 atom stereocenters. The summed E-state index contributed by atoms with van der Waals surface area (Å²) in [6, 6.07) is 0. The number of aliphatic hydroxyl groups is 1. The van der Waals surface area contributed by atoms with Crippen LogP contribution in [0.5, 0.6) is 0 Å². The molecular formula is C20H30O3. The van der Waals surface area contributed by atoms with Crippen molar-refractivity contribution >= 4 is 5.97 Å². The van der Waals surface area contributed by atoms with Gasteiger partial charge < -0.3 is 10.2 Å². The van der Waals surface area contributed by atoms with Crippen LogP contribution in [0.15, 0.2) is 11.6 Å². The van der Waals surface area contributed by atoms with Crippen molar-refractivity contribution in [2.45, 2.75) is 71.3 Å². The average Bonchev–Trinajstić information content (AvgIpc) is 2.85. The van der Waals surface area contributed by atoms with Crippen LogP contribution in [-0.2, 0) is 4.79 Å². The Bertz CT molecular complexity index is 553. The first kappa shape index (κ1) is 15.7. The molecule has 2 N–H and O–H groups in total. The van der Waals surface area contributed by atoms with Crippen LogP contribution < -0.4 is 0 Å². The Hall–Kier alpha value is -0.830. The van der Waals surface area contributed by atoms with Crippen LogP contribution in [0.2, 0.25) is 0 Å². The second-order valence-electron chi connectivity index (χ2n) is 9.17. The van der Waals surface area contributed by atoms with Crippen LogP contribution in [0.1, 0.15) is 65.2 Å². The Morgan fingerprint density at radius 3 is 2.65 bits per heavy atom. The first-order chi connectivity index (χ1) is 10.9. The van der Waals surface area contributed by atoms with E-state index in [1.165, 1.54) is 12.0 Å². The van der Waals surface area contributed by atoms with E-state index in [2.05, 4.69) is 19.9 Å². The summed E-state index contributed by atoms with van der Waals surface area (Å²) in [5, 5.41) is 19.7. The third-order valence-corrected chi connectivity index (χ3v) is 8.38. The molecule has 4 rings (SSSR count). The van der Waals surface area contributed by atoms with E-state index in [0.717, 1.165) is 44.9 Å². The van der Waals surface area contributed by atoms with Crippen molar-refractivity contribution in [1.29, 1.82) is 0 Å². The van der Waals surface area contributed by atoms with E-state index in [4.69, 9.17) is 0 Å². The molecule has 0 amide bonds. The Balaban J connectivity index is 1.66. The van der Waals surface area contributed by atoms with Crippen LogP contribution in [-0.4, -0.2) is 22.3 Å². The summed E-state index contributed by atoms with van der Waals surface area (Å²) in [4.78, 5) is 11.7. The lowest BCUT2D eigenvalue weighted by Gasteiger charge is -2.57. The van der Waals surface area contributed by atoms with Crippen molar-refractivity contribution in [2.24, 2.45) is 34.5 Å². The Kier molecular flexibility index (Phi) is 3.46. The predicted molar refractivity (Wildman–Crippen MR) is 88.8 cm³/mol. The van der Waals surface area contributed by atoms with Crippen molar-refractivity contribution in [2.75, 3.05) is 0 Å². The Morgan fingerprint density at radius 2 is 1.91 bits per heavy atom. The molecule has 3 fully saturated rings. The van der Waals surface area contributed by atoms with Crippen LogP contribution >= 0.6 is 0 Å². The molecule has 0 spiro atoms.